The van der Waals surface area contributed by atoms with Gasteiger partial charge in [0.05, 0.1) is 0 Å². The summed E-state index contributed by atoms with van der Waals surface area (Å²) in [6.45, 7) is 1.21. The molecule has 1 heterocycles. The summed E-state index contributed by atoms with van der Waals surface area (Å²) >= 11 is 0. The Hall–Kier alpha value is -3.10. The maximum Gasteiger partial charge on any atom is 0.490 e. The highest BCUT2D eigenvalue weighted by atomic mass is 16.6. The Bertz CT molecular complexity index is 709. The number of anilines is 1. The van der Waals surface area contributed by atoms with Crippen molar-refractivity contribution in [1.29, 1.82) is 0 Å². The normalized spacial score (nSPS) is 10.1. The fourth-order valence-electron chi connectivity index (χ4n) is 1.61. The van der Waals surface area contributed by atoms with E-state index in [9.17, 15) is 19.7 Å². The van der Waals surface area contributed by atoms with Gasteiger partial charge in [0.2, 0.25) is 12.2 Å². The minimum atomic E-state index is -0.745. The van der Waals surface area contributed by atoms with Crippen molar-refractivity contribution in [2.75, 3.05) is 5.32 Å². The highest BCUT2D eigenvalue weighted by Crippen LogP contribution is 2.11. The molecule has 0 aliphatic carbocycles. The second kappa shape index (κ2) is 5.90. The summed E-state index contributed by atoms with van der Waals surface area (Å²) in [6, 6.07) is 6.46. The van der Waals surface area contributed by atoms with Crippen LogP contribution in [0.3, 0.4) is 0 Å². The molecule has 21 heavy (non-hydrogen) atoms. The summed E-state index contributed by atoms with van der Waals surface area (Å²) in [7, 11) is 0. The van der Waals surface area contributed by atoms with E-state index in [1.165, 1.54) is 6.92 Å². The number of amides is 1. The number of nitrogens with one attached hydrogen (secondary N) is 1. The van der Waals surface area contributed by atoms with E-state index in [4.69, 9.17) is 0 Å². The smallest absolute Gasteiger partial charge is 0.390 e. The molecule has 1 N–H and O–H groups in total. The second-order valence-electron chi connectivity index (χ2n) is 4.18. The van der Waals surface area contributed by atoms with E-state index < -0.39 is 16.8 Å². The minimum absolute atomic E-state index is 0.113. The molecule has 0 aliphatic heterocycles. The van der Waals surface area contributed by atoms with E-state index in [1.807, 2.05) is 0 Å². The number of carbonyl (C=O) groups is 2. The maximum absolute atomic E-state index is 11.8. The van der Waals surface area contributed by atoms with Gasteiger partial charge in [0, 0.05) is 16.3 Å². The Morgan fingerprint density at radius 3 is 2.81 bits per heavy atom. The number of nitro groups is 1. The van der Waals surface area contributed by atoms with E-state index in [2.05, 4.69) is 15.4 Å². The zero-order valence-corrected chi connectivity index (χ0v) is 11.0. The molecule has 9 heteroatoms. The van der Waals surface area contributed by atoms with Crippen molar-refractivity contribution < 1.29 is 14.5 Å². The third kappa shape index (κ3) is 3.69. The van der Waals surface area contributed by atoms with Crippen LogP contribution < -0.4 is 5.32 Å². The first-order valence-electron chi connectivity index (χ1n) is 5.90. The lowest BCUT2D eigenvalue weighted by Gasteiger charge is -2.05. The standard InChI is InChI=1S/C12H11N5O4/c1-8(18)9-3-2-4-10(5-9)14-11(19)6-16-7-13-12(15-16)17(20)21/h2-5,7H,6H2,1H3,(H,14,19). The van der Waals surface area contributed by atoms with Crippen molar-refractivity contribution in [2.45, 2.75) is 13.5 Å². The fourth-order valence-corrected chi connectivity index (χ4v) is 1.61. The summed E-state index contributed by atoms with van der Waals surface area (Å²) in [6.07, 6.45) is 1.10. The zero-order valence-electron chi connectivity index (χ0n) is 11.0. The third-order valence-electron chi connectivity index (χ3n) is 2.55. The van der Waals surface area contributed by atoms with Crippen molar-refractivity contribution in [2.24, 2.45) is 0 Å². The number of hydrogen-bond acceptors (Lipinski definition) is 6. The van der Waals surface area contributed by atoms with Crippen LogP contribution in [0.1, 0.15) is 17.3 Å². The van der Waals surface area contributed by atoms with Crippen LogP contribution in [-0.2, 0) is 11.3 Å². The van der Waals surface area contributed by atoms with Gasteiger partial charge in [-0.05, 0) is 24.0 Å². The number of hydrogen-bond donors (Lipinski definition) is 1. The molecule has 0 spiro atoms. The Labute approximate surface area is 118 Å². The predicted molar refractivity (Wildman–Crippen MR) is 71.8 cm³/mol. The lowest BCUT2D eigenvalue weighted by Crippen LogP contribution is -2.19. The molecule has 0 fully saturated rings. The van der Waals surface area contributed by atoms with Gasteiger partial charge in [-0.25, -0.2) is 0 Å². The molecule has 1 amide bonds. The number of nitrogens with zero attached hydrogens (tertiary/aromatic N) is 4. The van der Waals surface area contributed by atoms with Crippen LogP contribution in [0.5, 0.6) is 0 Å². The van der Waals surface area contributed by atoms with Gasteiger partial charge in [-0.15, -0.1) is 0 Å². The molecule has 0 atom stereocenters. The van der Waals surface area contributed by atoms with Crippen LogP contribution >= 0.6 is 0 Å². The number of rotatable bonds is 5. The van der Waals surface area contributed by atoms with Crippen molar-refractivity contribution in [1.82, 2.24) is 14.8 Å². The zero-order chi connectivity index (χ0) is 15.4. The largest absolute Gasteiger partial charge is 0.490 e. The van der Waals surface area contributed by atoms with Crippen LogP contribution in [0.2, 0.25) is 0 Å². The first-order valence-corrected chi connectivity index (χ1v) is 5.90. The molecular formula is C12H11N5O4. The quantitative estimate of drug-likeness (QED) is 0.498. The number of carbonyl (C=O) groups excluding carboxylic acids is 2. The Kier molecular flexibility index (Phi) is 4.02. The second-order valence-corrected chi connectivity index (χ2v) is 4.18. The number of ketones is 1. The molecule has 0 radical (unpaired) electrons. The van der Waals surface area contributed by atoms with Gasteiger partial charge in [-0.3, -0.25) is 9.59 Å². The van der Waals surface area contributed by atoms with Crippen molar-refractivity contribution in [3.63, 3.8) is 0 Å². The Morgan fingerprint density at radius 2 is 2.19 bits per heavy atom. The highest BCUT2D eigenvalue weighted by Gasteiger charge is 2.15. The average molecular weight is 289 g/mol. The summed E-state index contributed by atoms with van der Waals surface area (Å²) in [5, 5.41) is 16.5. The molecule has 2 aromatic rings. The Morgan fingerprint density at radius 1 is 1.43 bits per heavy atom. The van der Waals surface area contributed by atoms with E-state index in [1.54, 1.807) is 24.3 Å². The first kappa shape index (κ1) is 14.3. The maximum atomic E-state index is 11.8. The molecular weight excluding hydrogens is 278 g/mol. The van der Waals surface area contributed by atoms with Crippen LogP contribution in [0.4, 0.5) is 11.6 Å². The van der Waals surface area contributed by atoms with Gasteiger partial charge in [0.15, 0.2) is 5.78 Å². The molecule has 9 nitrogen and oxygen atoms in total. The fraction of sp³-hybridized carbons (Fsp3) is 0.167. The van der Waals surface area contributed by atoms with E-state index in [-0.39, 0.29) is 12.3 Å². The highest BCUT2D eigenvalue weighted by molar-refractivity contribution is 5.97. The van der Waals surface area contributed by atoms with Crippen molar-refractivity contribution in [3.8, 4) is 0 Å². The number of aromatic nitrogens is 3. The van der Waals surface area contributed by atoms with Crippen LogP contribution in [0.25, 0.3) is 0 Å². The summed E-state index contributed by atoms with van der Waals surface area (Å²) in [4.78, 5) is 36.2. The number of benzene rings is 1. The van der Waals surface area contributed by atoms with Gasteiger partial charge >= 0.3 is 5.95 Å². The van der Waals surface area contributed by atoms with Gasteiger partial charge < -0.3 is 15.4 Å². The first-order chi connectivity index (χ1) is 9.95. The summed E-state index contributed by atoms with van der Waals surface area (Å²) < 4.78 is 1.06. The van der Waals surface area contributed by atoms with Gasteiger partial charge in [-0.1, -0.05) is 17.1 Å². The molecule has 0 saturated carbocycles. The van der Waals surface area contributed by atoms with Crippen LogP contribution in [0.15, 0.2) is 30.6 Å². The van der Waals surface area contributed by atoms with Gasteiger partial charge in [0.1, 0.15) is 6.54 Å². The van der Waals surface area contributed by atoms with E-state index in [0.717, 1.165) is 11.0 Å². The Balaban J connectivity index is 2.02. The molecule has 2 rings (SSSR count). The lowest BCUT2D eigenvalue weighted by atomic mass is 10.1. The SMILES string of the molecule is CC(=O)c1cccc(NC(=O)Cn2cnc([N+](=O)[O-])n2)c1. The van der Waals surface area contributed by atoms with Crippen LogP contribution in [-0.4, -0.2) is 31.4 Å². The molecule has 108 valence electrons. The molecule has 0 bridgehead atoms. The van der Waals surface area contributed by atoms with E-state index in [0.29, 0.717) is 11.3 Å². The molecule has 1 aromatic carbocycles. The monoisotopic (exact) mass is 289 g/mol. The minimum Gasteiger partial charge on any atom is -0.390 e. The van der Waals surface area contributed by atoms with Crippen molar-refractivity contribution in [3.05, 3.63) is 46.3 Å². The predicted octanol–water partition coefficient (Wildman–Crippen LogP) is 1.03. The third-order valence-corrected chi connectivity index (χ3v) is 2.55. The molecule has 0 aliphatic rings. The number of Topliss-reactive ketones (excluding diaryl/α,β-unsaturated/α-hetero) is 1. The molecule has 0 saturated heterocycles. The summed E-state index contributed by atoms with van der Waals surface area (Å²) in [5.74, 6) is -1.12. The topological polar surface area (TPSA) is 120 Å². The lowest BCUT2D eigenvalue weighted by molar-refractivity contribution is -0.394. The van der Waals surface area contributed by atoms with Gasteiger partial charge in [-0.2, -0.15) is 4.68 Å². The van der Waals surface area contributed by atoms with Crippen LogP contribution in [0, 0.1) is 10.1 Å². The van der Waals surface area contributed by atoms with Crippen molar-refractivity contribution >= 4 is 23.3 Å². The molecule has 0 unspecified atom stereocenters. The van der Waals surface area contributed by atoms with Gasteiger partial charge in [0.25, 0.3) is 0 Å². The summed E-state index contributed by atoms with van der Waals surface area (Å²) in [5.41, 5.74) is 0.937. The molecule has 1 aromatic heterocycles. The van der Waals surface area contributed by atoms with E-state index >= 15 is 0 Å². The average Bonchev–Trinajstić information content (AvgIpc) is 2.87.